The van der Waals surface area contributed by atoms with Crippen molar-refractivity contribution in [2.75, 3.05) is 6.61 Å². The molecule has 2 saturated carbocycles. The highest BCUT2D eigenvalue weighted by Crippen LogP contribution is 2.62. The molecule has 6 atom stereocenters. The largest absolute Gasteiger partial charge is 0.396 e. The first-order chi connectivity index (χ1) is 10.6. The zero-order chi connectivity index (χ0) is 17.5. The first-order valence-corrected chi connectivity index (χ1v) is 8.91. The summed E-state index contributed by atoms with van der Waals surface area (Å²) in [5.41, 5.74) is -0.211. The van der Waals surface area contributed by atoms with Crippen LogP contribution in [0.1, 0.15) is 59.8 Å². The van der Waals surface area contributed by atoms with Crippen molar-refractivity contribution >= 4 is 0 Å². The third-order valence-electron chi connectivity index (χ3n) is 6.84. The van der Waals surface area contributed by atoms with Crippen molar-refractivity contribution in [2.45, 2.75) is 71.5 Å². The summed E-state index contributed by atoms with van der Waals surface area (Å²) in [4.78, 5) is 0. The van der Waals surface area contributed by atoms with Crippen LogP contribution >= 0.6 is 0 Å². The Morgan fingerprint density at radius 2 is 1.91 bits per heavy atom. The highest BCUT2D eigenvalue weighted by molar-refractivity contribution is 5.17. The molecule has 2 aliphatic carbocycles. The fraction of sp³-hybridized carbons (Fsp3) is 0.800. The first kappa shape index (κ1) is 18.7. The van der Waals surface area contributed by atoms with E-state index in [4.69, 9.17) is 0 Å². The Bertz CT molecular complexity index is 481. The molecule has 0 aromatic heterocycles. The second kappa shape index (κ2) is 6.34. The van der Waals surface area contributed by atoms with E-state index in [-0.39, 0.29) is 29.3 Å². The molecule has 0 unspecified atom stereocenters. The summed E-state index contributed by atoms with van der Waals surface area (Å²) in [7, 11) is 0. The number of aliphatic hydroxyl groups excluding tert-OH is 2. The number of rotatable bonds is 4. The molecule has 0 saturated heterocycles. The van der Waals surface area contributed by atoms with Crippen LogP contribution in [0.25, 0.3) is 0 Å². The van der Waals surface area contributed by atoms with Gasteiger partial charge in [-0.25, -0.2) is 0 Å². The van der Waals surface area contributed by atoms with Crippen LogP contribution < -0.4 is 0 Å². The van der Waals surface area contributed by atoms with Crippen molar-refractivity contribution < 1.29 is 15.3 Å². The molecule has 0 aromatic carbocycles. The van der Waals surface area contributed by atoms with Gasteiger partial charge in [0.25, 0.3) is 0 Å². The standard InChI is InChI=1S/C20H34O3/c1-6-14(2)8-9-16-19(4)11-7-10-18(3,13-21)17(19)15(22)12-20(16,5)23/h6,8,15-17,21-23H,1,7,9-13H2,2-5H3/b14-8+/t15-,16-,17+,18+,19-,20-/m1/s1. The van der Waals surface area contributed by atoms with Crippen LogP contribution in [0.4, 0.5) is 0 Å². The van der Waals surface area contributed by atoms with Crippen molar-refractivity contribution in [3.63, 3.8) is 0 Å². The van der Waals surface area contributed by atoms with Crippen LogP contribution in [0.15, 0.2) is 24.3 Å². The van der Waals surface area contributed by atoms with Gasteiger partial charge in [0.05, 0.1) is 11.7 Å². The van der Waals surface area contributed by atoms with Crippen molar-refractivity contribution in [3.8, 4) is 0 Å². The lowest BCUT2D eigenvalue weighted by molar-refractivity contribution is -0.221. The summed E-state index contributed by atoms with van der Waals surface area (Å²) < 4.78 is 0. The number of aliphatic hydroxyl groups is 3. The molecule has 3 nitrogen and oxygen atoms in total. The minimum absolute atomic E-state index is 0.0245. The van der Waals surface area contributed by atoms with E-state index in [1.807, 2.05) is 19.9 Å². The van der Waals surface area contributed by atoms with Crippen molar-refractivity contribution in [2.24, 2.45) is 22.7 Å². The van der Waals surface area contributed by atoms with Crippen molar-refractivity contribution in [1.29, 1.82) is 0 Å². The molecule has 132 valence electrons. The van der Waals surface area contributed by atoms with Crippen LogP contribution in [-0.4, -0.2) is 33.6 Å². The summed E-state index contributed by atoms with van der Waals surface area (Å²) in [5.74, 6) is 0.0980. The summed E-state index contributed by atoms with van der Waals surface area (Å²) >= 11 is 0. The van der Waals surface area contributed by atoms with E-state index in [1.165, 1.54) is 0 Å². The molecular formula is C20H34O3. The van der Waals surface area contributed by atoms with Gasteiger partial charge in [0.1, 0.15) is 0 Å². The molecule has 2 rings (SSSR count). The summed E-state index contributed by atoms with van der Waals surface area (Å²) in [6.45, 7) is 12.1. The summed E-state index contributed by atoms with van der Waals surface area (Å²) in [5, 5.41) is 31.9. The van der Waals surface area contributed by atoms with E-state index in [1.54, 1.807) is 0 Å². The average molecular weight is 322 g/mol. The molecule has 23 heavy (non-hydrogen) atoms. The normalized spacial score (nSPS) is 48.0. The monoisotopic (exact) mass is 322 g/mol. The Morgan fingerprint density at radius 1 is 1.26 bits per heavy atom. The fourth-order valence-corrected chi connectivity index (χ4v) is 5.76. The van der Waals surface area contributed by atoms with Gasteiger partial charge in [0.15, 0.2) is 0 Å². The molecule has 2 aliphatic rings. The molecular weight excluding hydrogens is 288 g/mol. The van der Waals surface area contributed by atoms with Crippen LogP contribution in [0.2, 0.25) is 0 Å². The van der Waals surface area contributed by atoms with Crippen molar-refractivity contribution in [3.05, 3.63) is 24.3 Å². The van der Waals surface area contributed by atoms with Crippen LogP contribution in [-0.2, 0) is 0 Å². The van der Waals surface area contributed by atoms with Crippen LogP contribution in [0, 0.1) is 22.7 Å². The van der Waals surface area contributed by atoms with E-state index in [2.05, 4.69) is 26.5 Å². The lowest BCUT2D eigenvalue weighted by Crippen LogP contribution is -2.63. The number of fused-ring (bicyclic) bond motifs is 1. The Morgan fingerprint density at radius 3 is 2.48 bits per heavy atom. The highest BCUT2D eigenvalue weighted by Gasteiger charge is 2.61. The maximum absolute atomic E-state index is 11.1. The molecule has 0 amide bonds. The summed E-state index contributed by atoms with van der Waals surface area (Å²) in [6.07, 6.45) is 7.56. The highest BCUT2D eigenvalue weighted by atomic mass is 16.3. The number of hydrogen-bond acceptors (Lipinski definition) is 3. The smallest absolute Gasteiger partial charge is 0.0680 e. The summed E-state index contributed by atoms with van der Waals surface area (Å²) in [6, 6.07) is 0. The van der Waals surface area contributed by atoms with Gasteiger partial charge in [0, 0.05) is 13.0 Å². The van der Waals surface area contributed by atoms with Gasteiger partial charge in [-0.3, -0.25) is 0 Å². The third-order valence-corrected chi connectivity index (χ3v) is 6.84. The van der Waals surface area contributed by atoms with Crippen LogP contribution in [0.5, 0.6) is 0 Å². The quantitative estimate of drug-likeness (QED) is 0.695. The van der Waals surface area contributed by atoms with E-state index in [9.17, 15) is 15.3 Å². The van der Waals surface area contributed by atoms with Gasteiger partial charge in [-0.2, -0.15) is 0 Å². The minimum atomic E-state index is -0.893. The Hall–Kier alpha value is -0.640. The Labute approximate surface area is 141 Å². The van der Waals surface area contributed by atoms with Gasteiger partial charge < -0.3 is 15.3 Å². The Balaban J connectivity index is 2.44. The SMILES string of the molecule is C=C/C(C)=C/C[C@@H]1[C@@]2(C)CCC[C@@](C)(CO)[C@@H]2[C@H](O)C[C@@]1(C)O. The second-order valence-electron chi connectivity index (χ2n) is 8.72. The van der Waals surface area contributed by atoms with Gasteiger partial charge in [-0.05, 0) is 55.8 Å². The maximum atomic E-state index is 11.1. The van der Waals surface area contributed by atoms with Gasteiger partial charge in [0.2, 0.25) is 0 Å². The number of allylic oxidation sites excluding steroid dienone is 3. The van der Waals surface area contributed by atoms with E-state index < -0.39 is 11.7 Å². The number of hydrogen-bond donors (Lipinski definition) is 3. The molecule has 0 aliphatic heterocycles. The topological polar surface area (TPSA) is 60.7 Å². The minimum Gasteiger partial charge on any atom is -0.396 e. The first-order valence-electron chi connectivity index (χ1n) is 8.91. The second-order valence-corrected chi connectivity index (χ2v) is 8.72. The molecule has 3 N–H and O–H groups in total. The molecule has 0 radical (unpaired) electrons. The van der Waals surface area contributed by atoms with E-state index in [0.717, 1.165) is 31.3 Å². The average Bonchev–Trinajstić information content (AvgIpc) is 2.44. The predicted molar refractivity (Wildman–Crippen MR) is 93.9 cm³/mol. The zero-order valence-corrected chi connectivity index (χ0v) is 15.2. The van der Waals surface area contributed by atoms with Gasteiger partial charge in [-0.15, -0.1) is 0 Å². The Kier molecular flexibility index (Phi) is 5.16. The van der Waals surface area contributed by atoms with Gasteiger partial charge >= 0.3 is 0 Å². The van der Waals surface area contributed by atoms with E-state index in [0.29, 0.717) is 6.42 Å². The van der Waals surface area contributed by atoms with Crippen molar-refractivity contribution in [1.82, 2.24) is 0 Å². The van der Waals surface area contributed by atoms with E-state index >= 15 is 0 Å². The molecule has 0 bridgehead atoms. The zero-order valence-electron chi connectivity index (χ0n) is 15.2. The molecule has 3 heteroatoms. The predicted octanol–water partition coefficient (Wildman–Crippen LogP) is 3.45. The fourth-order valence-electron chi connectivity index (χ4n) is 5.76. The molecule has 0 aromatic rings. The third kappa shape index (κ3) is 3.16. The molecule has 2 fully saturated rings. The molecule has 0 spiro atoms. The lowest BCUT2D eigenvalue weighted by Gasteiger charge is -2.63. The lowest BCUT2D eigenvalue weighted by atomic mass is 9.44. The van der Waals surface area contributed by atoms with Gasteiger partial charge in [-0.1, -0.05) is 44.6 Å². The maximum Gasteiger partial charge on any atom is 0.0680 e. The van der Waals surface area contributed by atoms with Crippen LogP contribution in [0.3, 0.4) is 0 Å². The molecule has 0 heterocycles.